The maximum atomic E-state index is 12.2. The number of rotatable bonds is 6. The summed E-state index contributed by atoms with van der Waals surface area (Å²) in [7, 11) is 0. The lowest BCUT2D eigenvalue weighted by Crippen LogP contribution is -3.10. The van der Waals surface area contributed by atoms with Gasteiger partial charge < -0.3 is 15.5 Å². The van der Waals surface area contributed by atoms with E-state index >= 15 is 0 Å². The van der Waals surface area contributed by atoms with E-state index in [1.165, 1.54) is 0 Å². The zero-order valence-electron chi connectivity index (χ0n) is 14.1. The van der Waals surface area contributed by atoms with Crippen molar-refractivity contribution in [2.24, 2.45) is 0 Å². The van der Waals surface area contributed by atoms with Crippen molar-refractivity contribution >= 4 is 5.69 Å². The smallest absolute Gasteiger partial charge is 0.134 e. The van der Waals surface area contributed by atoms with Crippen LogP contribution in [0.3, 0.4) is 0 Å². The standard InChI is InChI=1S/C15H27N3O4/c1-14(2,3)18(20)13-9-7-8-12(10-13)11-17(19)22-16-21-15(4,5)6/h7-10,16-18H,11H2,1-6H3. The molecule has 7 heteroatoms. The minimum Gasteiger partial charge on any atom is -0.628 e. The molecule has 0 aliphatic rings. The van der Waals surface area contributed by atoms with Crippen molar-refractivity contribution in [1.29, 1.82) is 0 Å². The molecule has 1 rings (SSSR count). The molecule has 0 aliphatic heterocycles. The average Bonchev–Trinajstić information content (AvgIpc) is 2.35. The molecule has 0 saturated carbocycles. The summed E-state index contributed by atoms with van der Waals surface area (Å²) in [5.41, 5.74) is 2.59. The van der Waals surface area contributed by atoms with Gasteiger partial charge in [-0.1, -0.05) is 17.1 Å². The molecule has 0 aliphatic carbocycles. The van der Waals surface area contributed by atoms with Crippen LogP contribution in [0.15, 0.2) is 24.3 Å². The molecule has 0 spiro atoms. The van der Waals surface area contributed by atoms with E-state index in [1.54, 1.807) is 24.3 Å². The number of nitrogens with one attached hydrogen (secondary N) is 3. The molecule has 0 fully saturated rings. The maximum absolute atomic E-state index is 12.2. The van der Waals surface area contributed by atoms with Gasteiger partial charge in [0, 0.05) is 11.6 Å². The highest BCUT2D eigenvalue weighted by Gasteiger charge is 2.20. The third-order valence-corrected chi connectivity index (χ3v) is 2.72. The molecule has 126 valence electrons. The van der Waals surface area contributed by atoms with Crippen LogP contribution in [0.5, 0.6) is 0 Å². The molecule has 0 aromatic heterocycles. The average molecular weight is 313 g/mol. The van der Waals surface area contributed by atoms with E-state index < -0.39 is 16.4 Å². The number of hydrogen-bond acceptors (Lipinski definition) is 5. The number of hydrogen-bond donors (Lipinski definition) is 3. The van der Waals surface area contributed by atoms with Crippen LogP contribution in [0, 0.1) is 10.4 Å². The van der Waals surface area contributed by atoms with Gasteiger partial charge in [-0.3, -0.25) is 4.84 Å². The third kappa shape index (κ3) is 6.80. The highest BCUT2D eigenvalue weighted by molar-refractivity contribution is 5.34. The second kappa shape index (κ2) is 7.47. The zero-order valence-corrected chi connectivity index (χ0v) is 14.1. The Morgan fingerprint density at radius 2 is 1.73 bits per heavy atom. The quantitative estimate of drug-likeness (QED) is 0.668. The summed E-state index contributed by atoms with van der Waals surface area (Å²) in [5.74, 6) is 0. The van der Waals surface area contributed by atoms with Crippen molar-refractivity contribution in [3.8, 4) is 0 Å². The first-order valence-corrected chi connectivity index (χ1v) is 7.25. The van der Waals surface area contributed by atoms with Gasteiger partial charge in [0.25, 0.3) is 0 Å². The molecule has 2 unspecified atom stereocenters. The molecule has 3 N–H and O–H groups in total. The molecule has 0 saturated heterocycles. The van der Waals surface area contributed by atoms with Crippen LogP contribution in [0.25, 0.3) is 0 Å². The van der Waals surface area contributed by atoms with E-state index in [0.29, 0.717) is 5.69 Å². The summed E-state index contributed by atoms with van der Waals surface area (Å²) in [6.07, 6.45) is 0. The molecular weight excluding hydrogens is 286 g/mol. The Bertz CT molecular complexity index is 469. The van der Waals surface area contributed by atoms with Gasteiger partial charge in [-0.25, -0.2) is 0 Å². The topological polar surface area (TPSA) is 85.5 Å². The first-order chi connectivity index (χ1) is 9.99. The summed E-state index contributed by atoms with van der Waals surface area (Å²) in [4.78, 5) is 9.89. The molecule has 22 heavy (non-hydrogen) atoms. The van der Waals surface area contributed by atoms with Gasteiger partial charge in [0.05, 0.1) is 11.1 Å². The second-order valence-corrected chi connectivity index (χ2v) is 7.23. The molecule has 0 radical (unpaired) electrons. The Morgan fingerprint density at radius 3 is 2.27 bits per heavy atom. The van der Waals surface area contributed by atoms with Gasteiger partial charge in [-0.05, 0) is 53.3 Å². The second-order valence-electron chi connectivity index (χ2n) is 7.23. The monoisotopic (exact) mass is 313 g/mol. The van der Waals surface area contributed by atoms with Gasteiger partial charge >= 0.3 is 0 Å². The zero-order chi connectivity index (χ0) is 17.0. The van der Waals surface area contributed by atoms with Gasteiger partial charge in [0.2, 0.25) is 0 Å². The van der Waals surface area contributed by atoms with Crippen LogP contribution in [-0.2, 0) is 16.3 Å². The van der Waals surface area contributed by atoms with Gasteiger partial charge in [-0.2, -0.15) is 5.23 Å². The van der Waals surface area contributed by atoms with E-state index in [-0.39, 0.29) is 11.6 Å². The Kier molecular flexibility index (Phi) is 6.45. The maximum Gasteiger partial charge on any atom is 0.134 e. The van der Waals surface area contributed by atoms with Gasteiger partial charge in [0.15, 0.2) is 0 Å². The lowest BCUT2D eigenvalue weighted by atomic mass is 10.1. The molecule has 0 bridgehead atoms. The van der Waals surface area contributed by atoms with Crippen molar-refractivity contribution < 1.29 is 20.1 Å². The van der Waals surface area contributed by atoms with Crippen LogP contribution in [-0.4, -0.2) is 11.1 Å². The fourth-order valence-electron chi connectivity index (χ4n) is 1.65. The molecule has 1 aromatic carbocycles. The van der Waals surface area contributed by atoms with Crippen molar-refractivity contribution in [3.63, 3.8) is 0 Å². The summed E-state index contributed by atoms with van der Waals surface area (Å²) >= 11 is 0. The van der Waals surface area contributed by atoms with Crippen molar-refractivity contribution in [1.82, 2.24) is 5.64 Å². The fraction of sp³-hybridized carbons (Fsp3) is 0.600. The Hall–Kier alpha value is -1.06. The largest absolute Gasteiger partial charge is 0.628 e. The highest BCUT2D eigenvalue weighted by Crippen LogP contribution is 2.08. The molecule has 0 heterocycles. The molecule has 2 atom stereocenters. The normalized spacial score (nSPS) is 15.6. The molecule has 1 aromatic rings. The summed E-state index contributed by atoms with van der Waals surface area (Å²) in [5, 5.41) is 23.5. The van der Waals surface area contributed by atoms with Gasteiger partial charge in [-0.15, -0.1) is 0 Å². The van der Waals surface area contributed by atoms with Gasteiger partial charge in [0.1, 0.15) is 12.2 Å². The predicted molar refractivity (Wildman–Crippen MR) is 83.3 cm³/mol. The van der Waals surface area contributed by atoms with Crippen LogP contribution in [0.2, 0.25) is 0 Å². The van der Waals surface area contributed by atoms with Crippen LogP contribution >= 0.6 is 0 Å². The Labute approximate surface area is 131 Å². The van der Waals surface area contributed by atoms with Crippen molar-refractivity contribution in [2.45, 2.75) is 59.2 Å². The number of benzene rings is 1. The highest BCUT2D eigenvalue weighted by atomic mass is 17.1. The van der Waals surface area contributed by atoms with Crippen molar-refractivity contribution in [2.75, 3.05) is 0 Å². The SMILES string of the molecule is CC(C)(C)ONO[NH+]([O-])Cc1cccc([NH+]([O-])C(C)(C)C)c1. The molecule has 7 nitrogen and oxygen atoms in total. The number of hydroxylamine groups is 3. The number of quaternary nitrogens is 2. The van der Waals surface area contributed by atoms with E-state index in [0.717, 1.165) is 5.56 Å². The van der Waals surface area contributed by atoms with E-state index in [9.17, 15) is 10.4 Å². The van der Waals surface area contributed by atoms with E-state index in [2.05, 4.69) is 5.64 Å². The molecule has 0 amide bonds. The first-order valence-electron chi connectivity index (χ1n) is 7.25. The minimum absolute atomic E-state index is 0.0388. The summed E-state index contributed by atoms with van der Waals surface area (Å²) in [6, 6.07) is 7.02. The third-order valence-electron chi connectivity index (χ3n) is 2.72. The molecular formula is C15H27N3O4. The van der Waals surface area contributed by atoms with Crippen molar-refractivity contribution in [3.05, 3.63) is 40.2 Å². The lowest BCUT2D eigenvalue weighted by Gasteiger charge is -2.35. The first kappa shape index (κ1) is 19.0. The fourth-order valence-corrected chi connectivity index (χ4v) is 1.65. The van der Waals surface area contributed by atoms with Crippen LogP contribution in [0.1, 0.15) is 47.1 Å². The van der Waals surface area contributed by atoms with Crippen LogP contribution in [0.4, 0.5) is 5.69 Å². The Balaban J connectivity index is 2.59. The lowest BCUT2D eigenvalue weighted by molar-refractivity contribution is -1.08. The van der Waals surface area contributed by atoms with Crippen LogP contribution < -0.4 is 15.9 Å². The minimum atomic E-state index is -0.482. The van der Waals surface area contributed by atoms with E-state index in [4.69, 9.17) is 9.78 Å². The predicted octanol–water partition coefficient (Wildman–Crippen LogP) is 0.548. The summed E-state index contributed by atoms with van der Waals surface area (Å²) in [6.45, 7) is 11.1. The Morgan fingerprint density at radius 1 is 1.09 bits per heavy atom. The van der Waals surface area contributed by atoms with E-state index in [1.807, 2.05) is 41.5 Å². The summed E-state index contributed by atoms with van der Waals surface area (Å²) < 4.78 is 0.